The van der Waals surface area contributed by atoms with Gasteiger partial charge in [0.1, 0.15) is 0 Å². The van der Waals surface area contributed by atoms with E-state index in [0.717, 1.165) is 0 Å². The lowest BCUT2D eigenvalue weighted by Crippen LogP contribution is -2.13. The van der Waals surface area contributed by atoms with Gasteiger partial charge in [0.2, 0.25) is 10.4 Å². The van der Waals surface area contributed by atoms with Gasteiger partial charge in [0.15, 0.2) is 0 Å². The molecule has 0 aliphatic rings. The van der Waals surface area contributed by atoms with Crippen molar-refractivity contribution in [2.45, 2.75) is 0 Å². The molecule has 2 unspecified atom stereocenters. The van der Waals surface area contributed by atoms with Crippen molar-refractivity contribution < 1.29 is 22.6 Å². The quantitative estimate of drug-likeness (QED) is 0.145. The van der Waals surface area contributed by atoms with E-state index in [0.29, 0.717) is 0 Å². The molecule has 0 aromatic carbocycles. The highest BCUT2D eigenvalue weighted by Gasteiger charge is 1.73. The van der Waals surface area contributed by atoms with Crippen LogP contribution in [0.3, 0.4) is 0 Å². The zero-order chi connectivity index (χ0) is 5.21. The van der Waals surface area contributed by atoms with Crippen molar-refractivity contribution >= 4 is 30.2 Å². The van der Waals surface area contributed by atoms with Gasteiger partial charge < -0.3 is 14.1 Å². The van der Waals surface area contributed by atoms with Crippen molar-refractivity contribution in [3.8, 4) is 0 Å². The fraction of sp³-hybridized carbons (Fsp3) is 0. The molecule has 0 heterocycles. The monoisotopic (exact) mass is 182 g/mol. The van der Waals surface area contributed by atoms with Crippen molar-refractivity contribution in [2.24, 2.45) is 0 Å². The van der Waals surface area contributed by atoms with E-state index in [1.807, 2.05) is 0 Å². The molecule has 0 amide bonds. The lowest BCUT2D eigenvalue weighted by molar-refractivity contribution is -0.637. The molecule has 0 spiro atoms. The van der Waals surface area contributed by atoms with E-state index in [4.69, 9.17) is 18.2 Å². The topological polar surface area (TPSA) is 89.5 Å². The van der Waals surface area contributed by atoms with E-state index in [2.05, 4.69) is 4.33 Å². The van der Waals surface area contributed by atoms with Crippen LogP contribution in [0.1, 0.15) is 0 Å². The summed E-state index contributed by atoms with van der Waals surface area (Å²) in [6.45, 7) is 0. The van der Waals surface area contributed by atoms with Crippen molar-refractivity contribution in [3.05, 3.63) is 0 Å². The van der Waals surface area contributed by atoms with Gasteiger partial charge in [-0.15, -0.1) is 0 Å². The van der Waals surface area contributed by atoms with E-state index < -0.39 is 10.4 Å². The molecular formula is H8O5P2S. The van der Waals surface area contributed by atoms with Gasteiger partial charge in [-0.05, 0) is 19.8 Å². The molecule has 0 aromatic heterocycles. The second-order valence-electron chi connectivity index (χ2n) is 0.476. The largest absolute Gasteiger partial charge is 0.726 e. The van der Waals surface area contributed by atoms with Gasteiger partial charge in [0.05, 0.1) is 0 Å². The molecule has 2 atom stereocenters. The van der Waals surface area contributed by atoms with Crippen molar-refractivity contribution in [2.75, 3.05) is 0 Å². The minimum Gasteiger partial charge on any atom is -0.726 e. The Labute approximate surface area is 53.6 Å². The SMILES string of the molecule is O=S(=O)([O-])O[O-].[PH4+].[PH4+]. The van der Waals surface area contributed by atoms with Crippen LogP contribution in [0.2, 0.25) is 0 Å². The molecule has 0 saturated carbocycles. The molecule has 0 rings (SSSR count). The standard InChI is InChI=1S/H2O5S.2H3P/c1-5-6(2,3)4;;/h1H,(H,2,3,4);2*1H3. The molecule has 0 N–H and O–H groups in total. The summed E-state index contributed by atoms with van der Waals surface area (Å²) in [6.07, 6.45) is 0. The summed E-state index contributed by atoms with van der Waals surface area (Å²) in [6, 6.07) is 0. The smallest absolute Gasteiger partial charge is 0.208 e. The van der Waals surface area contributed by atoms with Gasteiger partial charge in [-0.2, -0.15) is 0 Å². The first-order valence-corrected chi connectivity index (χ1v) is 2.17. The summed E-state index contributed by atoms with van der Waals surface area (Å²) in [5, 5.41) is 8.55. The Morgan fingerprint density at radius 3 is 1.38 bits per heavy atom. The summed E-state index contributed by atoms with van der Waals surface area (Å²) in [7, 11) is -4.97. The fourth-order valence-corrected chi connectivity index (χ4v) is 0. The molecule has 0 fully saturated rings. The Morgan fingerprint density at radius 1 is 1.25 bits per heavy atom. The molecule has 8 heavy (non-hydrogen) atoms. The van der Waals surface area contributed by atoms with Gasteiger partial charge in [-0.25, -0.2) is 8.42 Å². The van der Waals surface area contributed by atoms with Gasteiger partial charge in [0, 0.05) is 0 Å². The van der Waals surface area contributed by atoms with E-state index in [1.54, 1.807) is 0 Å². The highest BCUT2D eigenvalue weighted by Crippen LogP contribution is 1.69. The van der Waals surface area contributed by atoms with Gasteiger partial charge >= 0.3 is 0 Å². The van der Waals surface area contributed by atoms with Crippen molar-refractivity contribution in [1.82, 2.24) is 0 Å². The Hall–Kier alpha value is 0.690. The molecule has 8 heteroatoms. The highest BCUT2D eigenvalue weighted by atomic mass is 32.3. The summed E-state index contributed by atoms with van der Waals surface area (Å²) in [4.78, 5) is 0. The van der Waals surface area contributed by atoms with Gasteiger partial charge in [-0.3, -0.25) is 0 Å². The van der Waals surface area contributed by atoms with E-state index in [1.165, 1.54) is 0 Å². The summed E-state index contributed by atoms with van der Waals surface area (Å²) < 4.78 is 28.8. The van der Waals surface area contributed by atoms with Gasteiger partial charge in [-0.1, -0.05) is 0 Å². The minimum atomic E-state index is -4.97. The zero-order valence-electron chi connectivity index (χ0n) is 4.45. The molecule has 0 saturated heterocycles. The first-order chi connectivity index (χ1) is 2.56. The molecule has 0 bridgehead atoms. The first-order valence-electron chi connectivity index (χ1n) is 0.833. The van der Waals surface area contributed by atoms with Crippen LogP contribution in [0.5, 0.6) is 0 Å². The minimum absolute atomic E-state index is 0. The molecule has 5 nitrogen and oxygen atoms in total. The van der Waals surface area contributed by atoms with Crippen molar-refractivity contribution in [3.63, 3.8) is 0 Å². The maximum absolute atomic E-state index is 8.91. The summed E-state index contributed by atoms with van der Waals surface area (Å²) in [5.74, 6) is 0. The number of hydrogen-bond acceptors (Lipinski definition) is 5. The summed E-state index contributed by atoms with van der Waals surface area (Å²) >= 11 is 0. The lowest BCUT2D eigenvalue weighted by atomic mass is 15.0. The van der Waals surface area contributed by atoms with Crippen LogP contribution in [0, 0.1) is 0 Å². The van der Waals surface area contributed by atoms with Crippen molar-refractivity contribution in [1.29, 1.82) is 0 Å². The van der Waals surface area contributed by atoms with Crippen LogP contribution in [-0.4, -0.2) is 13.0 Å². The van der Waals surface area contributed by atoms with Crippen LogP contribution >= 0.6 is 19.8 Å². The average molecular weight is 182 g/mol. The fourth-order valence-electron chi connectivity index (χ4n) is 0. The van der Waals surface area contributed by atoms with Crippen LogP contribution in [0.25, 0.3) is 0 Å². The summed E-state index contributed by atoms with van der Waals surface area (Å²) in [5.41, 5.74) is 0. The normalized spacial score (nSPS) is 8.75. The Bertz CT molecular complexity index is 112. The van der Waals surface area contributed by atoms with Crippen LogP contribution < -0.4 is 5.26 Å². The maximum Gasteiger partial charge on any atom is 0.208 e. The number of rotatable bonds is 1. The highest BCUT2D eigenvalue weighted by molar-refractivity contribution is 7.80. The third kappa shape index (κ3) is 15.9. The molecule has 0 aliphatic heterocycles. The van der Waals surface area contributed by atoms with E-state index >= 15 is 0 Å². The van der Waals surface area contributed by atoms with E-state index in [-0.39, 0.29) is 19.8 Å². The van der Waals surface area contributed by atoms with E-state index in [9.17, 15) is 0 Å². The van der Waals surface area contributed by atoms with Crippen LogP contribution in [-0.2, 0) is 14.7 Å². The maximum atomic E-state index is 8.91. The van der Waals surface area contributed by atoms with Crippen LogP contribution in [0.4, 0.5) is 0 Å². The van der Waals surface area contributed by atoms with Gasteiger partial charge in [0.25, 0.3) is 0 Å². The predicted molar refractivity (Wildman–Crippen MR) is 35.8 cm³/mol. The average Bonchev–Trinajstić information content (AvgIpc) is 1.35. The molecule has 0 radical (unpaired) electrons. The lowest BCUT2D eigenvalue weighted by Gasteiger charge is -2.07. The second kappa shape index (κ2) is 5.82. The first kappa shape index (κ1) is 15.9. The second-order valence-corrected chi connectivity index (χ2v) is 1.43. The molecule has 0 aliphatic carbocycles. The predicted octanol–water partition coefficient (Wildman–Crippen LogP) is -2.68. The Morgan fingerprint density at radius 2 is 1.38 bits per heavy atom. The molecular weight excluding hydrogens is 174 g/mol. The third-order valence-corrected chi connectivity index (χ3v) is 0.250. The molecule has 54 valence electrons. The third-order valence-electron chi connectivity index (χ3n) is 0.0833. The Kier molecular flexibility index (Phi) is 11.5. The van der Waals surface area contributed by atoms with Crippen LogP contribution in [0.15, 0.2) is 0 Å². The number of hydrogen-bond donors (Lipinski definition) is 0. The zero-order valence-corrected chi connectivity index (χ0v) is 9.27. The Balaban J connectivity index is -0.000000125. The molecule has 0 aromatic rings.